The van der Waals surface area contributed by atoms with Crippen molar-refractivity contribution in [2.45, 2.75) is 6.42 Å². The summed E-state index contributed by atoms with van der Waals surface area (Å²) < 4.78 is 15.4. The van der Waals surface area contributed by atoms with Gasteiger partial charge in [-0.1, -0.05) is 0 Å². The molecule has 0 unspecified atom stereocenters. The zero-order valence-corrected chi connectivity index (χ0v) is 13.1. The highest BCUT2D eigenvalue weighted by Gasteiger charge is 2.17. The Kier molecular flexibility index (Phi) is 6.30. The third-order valence-corrected chi connectivity index (χ3v) is 3.13. The van der Waals surface area contributed by atoms with Gasteiger partial charge in [-0.3, -0.25) is 9.59 Å². The number of halogens is 1. The van der Waals surface area contributed by atoms with Crippen molar-refractivity contribution >= 4 is 27.8 Å². The molecule has 20 heavy (non-hydrogen) atoms. The van der Waals surface area contributed by atoms with Gasteiger partial charge in [-0.05, 0) is 28.1 Å². The maximum atomic E-state index is 12.1. The number of carbonyl (C=O) groups is 2. The van der Waals surface area contributed by atoms with Gasteiger partial charge in [-0.2, -0.15) is 0 Å². The molecule has 1 aromatic carbocycles. The summed E-state index contributed by atoms with van der Waals surface area (Å²) in [6.45, 7) is 0.184. The lowest BCUT2D eigenvalue weighted by Crippen LogP contribution is -2.26. The lowest BCUT2D eigenvalue weighted by Gasteiger charge is -2.12. The molecule has 7 heteroatoms. The van der Waals surface area contributed by atoms with E-state index in [1.165, 1.54) is 21.3 Å². The summed E-state index contributed by atoms with van der Waals surface area (Å²) in [5.74, 6) is 0.187. The first-order valence-corrected chi connectivity index (χ1v) is 6.59. The molecule has 0 bridgehead atoms. The normalized spacial score (nSPS) is 9.80. The predicted molar refractivity (Wildman–Crippen MR) is 76.2 cm³/mol. The van der Waals surface area contributed by atoms with Crippen LogP contribution in [0.2, 0.25) is 0 Å². The van der Waals surface area contributed by atoms with E-state index >= 15 is 0 Å². The molecule has 1 N–H and O–H groups in total. The Morgan fingerprint density at radius 2 is 1.90 bits per heavy atom. The van der Waals surface area contributed by atoms with Gasteiger partial charge in [0.05, 0.1) is 37.8 Å². The Balaban J connectivity index is 2.85. The predicted octanol–water partition coefficient (Wildman–Crippen LogP) is 1.76. The number of amides is 1. The molecule has 1 amide bonds. The van der Waals surface area contributed by atoms with Crippen molar-refractivity contribution in [1.82, 2.24) is 5.32 Å². The third-order valence-electron chi connectivity index (χ3n) is 2.54. The van der Waals surface area contributed by atoms with E-state index in [0.29, 0.717) is 21.5 Å². The summed E-state index contributed by atoms with van der Waals surface area (Å²) in [5.41, 5.74) is 0.323. The molecule has 0 atom stereocenters. The van der Waals surface area contributed by atoms with Crippen LogP contribution in [-0.2, 0) is 9.53 Å². The second-order valence-electron chi connectivity index (χ2n) is 3.77. The zero-order chi connectivity index (χ0) is 15.1. The first-order valence-electron chi connectivity index (χ1n) is 5.80. The van der Waals surface area contributed by atoms with Crippen LogP contribution >= 0.6 is 15.9 Å². The molecule has 1 aromatic rings. The average molecular weight is 346 g/mol. The van der Waals surface area contributed by atoms with Gasteiger partial charge < -0.3 is 19.5 Å². The molecule has 0 aliphatic rings. The Morgan fingerprint density at radius 3 is 2.45 bits per heavy atom. The maximum Gasteiger partial charge on any atom is 0.307 e. The van der Waals surface area contributed by atoms with Crippen molar-refractivity contribution in [3.8, 4) is 11.5 Å². The van der Waals surface area contributed by atoms with Crippen LogP contribution in [0.5, 0.6) is 11.5 Å². The number of ether oxygens (including phenoxy) is 3. The van der Waals surface area contributed by atoms with E-state index in [0.717, 1.165) is 0 Å². The van der Waals surface area contributed by atoms with Gasteiger partial charge in [0.15, 0.2) is 0 Å². The van der Waals surface area contributed by atoms with E-state index in [-0.39, 0.29) is 24.8 Å². The van der Waals surface area contributed by atoms with E-state index in [4.69, 9.17) is 9.47 Å². The maximum absolute atomic E-state index is 12.1. The van der Waals surface area contributed by atoms with Gasteiger partial charge in [-0.25, -0.2) is 0 Å². The number of hydrogen-bond acceptors (Lipinski definition) is 5. The Morgan fingerprint density at radius 1 is 1.20 bits per heavy atom. The minimum Gasteiger partial charge on any atom is -0.497 e. The molecule has 0 saturated heterocycles. The fourth-order valence-electron chi connectivity index (χ4n) is 1.54. The van der Waals surface area contributed by atoms with Crippen molar-refractivity contribution in [2.24, 2.45) is 0 Å². The van der Waals surface area contributed by atoms with Gasteiger partial charge in [0.25, 0.3) is 5.91 Å². The Bertz CT molecular complexity index is 504. The highest BCUT2D eigenvalue weighted by Crippen LogP contribution is 2.33. The fourth-order valence-corrected chi connectivity index (χ4v) is 2.14. The van der Waals surface area contributed by atoms with Crippen LogP contribution < -0.4 is 14.8 Å². The van der Waals surface area contributed by atoms with Gasteiger partial charge in [0.2, 0.25) is 0 Å². The molecule has 0 saturated carbocycles. The molecule has 0 aliphatic heterocycles. The van der Waals surface area contributed by atoms with Gasteiger partial charge in [0, 0.05) is 6.54 Å². The molecule has 0 aromatic heterocycles. The zero-order valence-electron chi connectivity index (χ0n) is 11.5. The van der Waals surface area contributed by atoms with E-state index in [2.05, 4.69) is 26.0 Å². The topological polar surface area (TPSA) is 73.9 Å². The molecule has 1 rings (SSSR count). The number of carbonyl (C=O) groups excluding carboxylic acids is 2. The Hall–Kier alpha value is -1.76. The standard InChI is InChI=1S/C13H16BrNO5/c1-18-8-6-9(12(20-3)10(14)7-8)13(17)15-5-4-11(16)19-2/h6-7H,4-5H2,1-3H3,(H,15,17). The number of nitrogens with one attached hydrogen (secondary N) is 1. The molecular formula is C13H16BrNO5. The average Bonchev–Trinajstić information content (AvgIpc) is 2.45. The van der Waals surface area contributed by atoms with Gasteiger partial charge in [0.1, 0.15) is 11.5 Å². The molecule has 0 spiro atoms. The van der Waals surface area contributed by atoms with E-state index < -0.39 is 0 Å². The minimum absolute atomic E-state index is 0.107. The number of hydrogen-bond donors (Lipinski definition) is 1. The monoisotopic (exact) mass is 345 g/mol. The van der Waals surface area contributed by atoms with Crippen LogP contribution in [0, 0.1) is 0 Å². The van der Waals surface area contributed by atoms with Gasteiger partial charge in [-0.15, -0.1) is 0 Å². The molecule has 6 nitrogen and oxygen atoms in total. The lowest BCUT2D eigenvalue weighted by atomic mass is 10.1. The fraction of sp³-hybridized carbons (Fsp3) is 0.385. The van der Waals surface area contributed by atoms with Gasteiger partial charge >= 0.3 is 5.97 Å². The summed E-state index contributed by atoms with van der Waals surface area (Å²) in [6.07, 6.45) is 0.107. The molecule has 0 aliphatic carbocycles. The molecule has 0 radical (unpaired) electrons. The van der Waals surface area contributed by atoms with E-state index in [9.17, 15) is 9.59 Å². The first-order chi connectivity index (χ1) is 9.53. The van der Waals surface area contributed by atoms with E-state index in [1.807, 2.05) is 0 Å². The van der Waals surface area contributed by atoms with Crippen molar-refractivity contribution < 1.29 is 23.8 Å². The largest absolute Gasteiger partial charge is 0.497 e. The van der Waals surface area contributed by atoms with Crippen LogP contribution in [0.25, 0.3) is 0 Å². The summed E-state index contributed by atoms with van der Waals surface area (Å²) >= 11 is 3.31. The van der Waals surface area contributed by atoms with Crippen molar-refractivity contribution in [3.05, 3.63) is 22.2 Å². The van der Waals surface area contributed by atoms with Crippen molar-refractivity contribution in [3.63, 3.8) is 0 Å². The second kappa shape index (κ2) is 7.74. The van der Waals surface area contributed by atoms with Crippen LogP contribution in [0.4, 0.5) is 0 Å². The summed E-state index contributed by atoms with van der Waals surface area (Å²) in [5, 5.41) is 2.62. The Labute approximate surface area is 125 Å². The van der Waals surface area contributed by atoms with Crippen LogP contribution in [-0.4, -0.2) is 39.8 Å². The van der Waals surface area contributed by atoms with Crippen LogP contribution in [0.15, 0.2) is 16.6 Å². The highest BCUT2D eigenvalue weighted by molar-refractivity contribution is 9.10. The smallest absolute Gasteiger partial charge is 0.307 e. The van der Waals surface area contributed by atoms with Crippen LogP contribution in [0.1, 0.15) is 16.8 Å². The number of methoxy groups -OCH3 is 3. The van der Waals surface area contributed by atoms with Crippen LogP contribution in [0.3, 0.4) is 0 Å². The number of rotatable bonds is 6. The third kappa shape index (κ3) is 4.12. The second-order valence-corrected chi connectivity index (χ2v) is 4.63. The molecule has 110 valence electrons. The van der Waals surface area contributed by atoms with E-state index in [1.54, 1.807) is 12.1 Å². The minimum atomic E-state index is -0.385. The number of benzene rings is 1. The summed E-state index contributed by atoms with van der Waals surface area (Å²) in [4.78, 5) is 23.1. The molecule has 0 fully saturated rings. The lowest BCUT2D eigenvalue weighted by molar-refractivity contribution is -0.140. The summed E-state index contributed by atoms with van der Waals surface area (Å²) in [7, 11) is 4.28. The van der Waals surface area contributed by atoms with Crippen molar-refractivity contribution in [2.75, 3.05) is 27.9 Å². The molecular weight excluding hydrogens is 330 g/mol. The van der Waals surface area contributed by atoms with Crippen molar-refractivity contribution in [1.29, 1.82) is 0 Å². The summed E-state index contributed by atoms with van der Waals surface area (Å²) in [6, 6.07) is 3.27. The first kappa shape index (κ1) is 16.3. The highest BCUT2D eigenvalue weighted by atomic mass is 79.9. The quantitative estimate of drug-likeness (QED) is 0.795. The number of esters is 1. The molecule has 0 heterocycles. The SMILES string of the molecule is COC(=O)CCNC(=O)c1cc(OC)cc(Br)c1OC.